The smallest absolute Gasteiger partial charge is 0.323 e. The summed E-state index contributed by atoms with van der Waals surface area (Å²) >= 11 is 0. The highest BCUT2D eigenvalue weighted by Gasteiger charge is 2.42. The van der Waals surface area contributed by atoms with Crippen LogP contribution in [0.2, 0.25) is 0 Å². The summed E-state index contributed by atoms with van der Waals surface area (Å²) in [4.78, 5) is 26.7. The molecule has 0 bridgehead atoms. The molecule has 5 rings (SSSR count). The molecule has 5 atom stereocenters. The zero-order valence-electron chi connectivity index (χ0n) is 27.0. The molecule has 240 valence electrons. The molecule has 3 aromatic carbocycles. The van der Waals surface area contributed by atoms with E-state index in [1.165, 1.54) is 6.92 Å². The Bertz CT molecular complexity index is 1450. The molecule has 2 heterocycles. The molecule has 0 aliphatic carbocycles. The van der Waals surface area contributed by atoms with Crippen LogP contribution in [0.4, 0.5) is 0 Å². The summed E-state index contributed by atoms with van der Waals surface area (Å²) in [6.45, 7) is 11.2. The van der Waals surface area contributed by atoms with Gasteiger partial charge in [-0.2, -0.15) is 0 Å². The van der Waals surface area contributed by atoms with Crippen molar-refractivity contribution in [2.45, 2.75) is 90.8 Å². The average molecular weight is 615 g/mol. The maximum atomic E-state index is 13.1. The number of benzene rings is 3. The van der Waals surface area contributed by atoms with E-state index in [4.69, 9.17) is 14.2 Å². The number of esters is 1. The lowest BCUT2D eigenvalue weighted by molar-refractivity contribution is -0.276. The van der Waals surface area contributed by atoms with Crippen LogP contribution in [-0.4, -0.2) is 52.7 Å². The summed E-state index contributed by atoms with van der Waals surface area (Å²) in [5, 5.41) is 12.4. The molecule has 2 saturated heterocycles. The Balaban J connectivity index is 1.38. The second-order valence-electron chi connectivity index (χ2n) is 13.2. The van der Waals surface area contributed by atoms with Crippen molar-refractivity contribution in [3.63, 3.8) is 0 Å². The van der Waals surface area contributed by atoms with Crippen LogP contribution in [0.1, 0.15) is 82.1 Å². The van der Waals surface area contributed by atoms with Gasteiger partial charge in [-0.3, -0.25) is 14.5 Å². The Morgan fingerprint density at radius 2 is 1.67 bits per heavy atom. The fraction of sp³-hybridized carbons (Fsp3) is 0.459. The first-order valence-electron chi connectivity index (χ1n) is 15.9. The van der Waals surface area contributed by atoms with Gasteiger partial charge in [0.15, 0.2) is 6.29 Å². The number of aliphatic hydroxyl groups is 1. The summed E-state index contributed by atoms with van der Waals surface area (Å²) in [5.74, 6) is -0.228. The van der Waals surface area contributed by atoms with Crippen LogP contribution < -0.4 is 5.32 Å². The van der Waals surface area contributed by atoms with Crippen molar-refractivity contribution in [2.24, 2.45) is 5.92 Å². The van der Waals surface area contributed by atoms with Gasteiger partial charge in [0.2, 0.25) is 5.91 Å². The van der Waals surface area contributed by atoms with Gasteiger partial charge in [0.25, 0.3) is 0 Å². The highest BCUT2D eigenvalue weighted by Crippen LogP contribution is 2.42. The van der Waals surface area contributed by atoms with Gasteiger partial charge in [-0.05, 0) is 74.0 Å². The van der Waals surface area contributed by atoms with Gasteiger partial charge in [0.05, 0.1) is 18.8 Å². The van der Waals surface area contributed by atoms with Crippen LogP contribution in [0.5, 0.6) is 0 Å². The summed E-state index contributed by atoms with van der Waals surface area (Å²) in [5.41, 5.74) is 5.39. The van der Waals surface area contributed by atoms with Crippen molar-refractivity contribution in [1.82, 2.24) is 10.2 Å². The van der Waals surface area contributed by atoms with E-state index in [9.17, 15) is 14.7 Å². The minimum absolute atomic E-state index is 0.00624. The molecular weight excluding hydrogens is 568 g/mol. The lowest BCUT2D eigenvalue weighted by Crippen LogP contribution is -2.48. The quantitative estimate of drug-likeness (QED) is 0.282. The minimum Gasteiger partial charge on any atom is -0.459 e. The van der Waals surface area contributed by atoms with Crippen molar-refractivity contribution in [3.8, 4) is 11.1 Å². The van der Waals surface area contributed by atoms with E-state index >= 15 is 0 Å². The first-order valence-corrected chi connectivity index (χ1v) is 15.9. The fourth-order valence-corrected chi connectivity index (χ4v) is 6.16. The van der Waals surface area contributed by atoms with Gasteiger partial charge in [0, 0.05) is 31.5 Å². The minimum atomic E-state index is -0.601. The number of likely N-dealkylation sites (tertiary alicyclic amines) is 1. The lowest BCUT2D eigenvalue weighted by atomic mass is 9.89. The standard InChI is InChI=1S/C37H46N2O6/c1-24-33(22-39-19-7-10-32(39)35(42)45-37(3,4)5)43-36(44-34(24)29-13-11-26(23-40)12-14-29)30-17-15-28(16-18-30)31-9-6-8-27(20-31)21-38-25(2)41/h6,8-9,11-18,20,24,32-34,36,40H,7,10,19,21-23H2,1-5H3,(H,38,41)/t24-,32+,33+,34+,36+/m1/s1. The van der Waals surface area contributed by atoms with Gasteiger partial charge in [-0.25, -0.2) is 0 Å². The maximum absolute atomic E-state index is 13.1. The van der Waals surface area contributed by atoms with Gasteiger partial charge in [-0.1, -0.05) is 73.7 Å². The fourth-order valence-electron chi connectivity index (χ4n) is 6.16. The van der Waals surface area contributed by atoms with Crippen LogP contribution in [-0.2, 0) is 37.0 Å². The highest BCUT2D eigenvalue weighted by molar-refractivity contribution is 5.76. The van der Waals surface area contributed by atoms with Crippen molar-refractivity contribution in [3.05, 3.63) is 95.1 Å². The van der Waals surface area contributed by atoms with Gasteiger partial charge in [0.1, 0.15) is 11.6 Å². The molecular formula is C37H46N2O6. The monoisotopic (exact) mass is 614 g/mol. The van der Waals surface area contributed by atoms with E-state index in [0.29, 0.717) is 13.1 Å². The van der Waals surface area contributed by atoms with E-state index in [0.717, 1.165) is 52.8 Å². The predicted molar refractivity (Wildman–Crippen MR) is 173 cm³/mol. The molecule has 3 aromatic rings. The highest BCUT2D eigenvalue weighted by atomic mass is 16.7. The third-order valence-corrected chi connectivity index (χ3v) is 8.56. The SMILES string of the molecule is CC(=O)NCc1cccc(-c2ccc([C@H]3O[C@@H](CN4CCC[C@H]4C(=O)OC(C)(C)C)[C@@H](C)[C@@H](c4ccc(CO)cc4)O3)cc2)c1. The van der Waals surface area contributed by atoms with Crippen molar-refractivity contribution in [1.29, 1.82) is 0 Å². The molecule has 8 nitrogen and oxygen atoms in total. The Hall–Kier alpha value is -3.56. The second-order valence-corrected chi connectivity index (χ2v) is 13.2. The number of amides is 1. The van der Waals surface area contributed by atoms with Gasteiger partial charge < -0.3 is 24.6 Å². The number of hydrogen-bond donors (Lipinski definition) is 2. The molecule has 0 aromatic heterocycles. The van der Waals surface area contributed by atoms with Crippen molar-refractivity contribution >= 4 is 11.9 Å². The van der Waals surface area contributed by atoms with Crippen LogP contribution in [0, 0.1) is 5.92 Å². The number of carbonyl (C=O) groups is 2. The van der Waals surface area contributed by atoms with Crippen LogP contribution in [0.25, 0.3) is 11.1 Å². The predicted octanol–water partition coefficient (Wildman–Crippen LogP) is 6.08. The van der Waals surface area contributed by atoms with Crippen LogP contribution in [0.15, 0.2) is 72.8 Å². The van der Waals surface area contributed by atoms with E-state index < -0.39 is 11.9 Å². The number of nitrogens with zero attached hydrogens (tertiary/aromatic N) is 1. The Morgan fingerprint density at radius 3 is 2.33 bits per heavy atom. The Labute approximate surface area is 266 Å². The van der Waals surface area contributed by atoms with Crippen molar-refractivity contribution < 1.29 is 28.9 Å². The Kier molecular flexibility index (Phi) is 10.4. The van der Waals surface area contributed by atoms with Crippen LogP contribution in [0.3, 0.4) is 0 Å². The zero-order valence-corrected chi connectivity index (χ0v) is 27.0. The molecule has 45 heavy (non-hydrogen) atoms. The number of hydrogen-bond acceptors (Lipinski definition) is 7. The average Bonchev–Trinajstić information content (AvgIpc) is 3.49. The molecule has 2 N–H and O–H groups in total. The second kappa shape index (κ2) is 14.3. The maximum Gasteiger partial charge on any atom is 0.323 e. The third-order valence-electron chi connectivity index (χ3n) is 8.56. The Morgan fingerprint density at radius 1 is 0.956 bits per heavy atom. The number of carbonyl (C=O) groups excluding carboxylic acids is 2. The summed E-state index contributed by atoms with van der Waals surface area (Å²) in [6.07, 6.45) is 0.671. The molecule has 8 heteroatoms. The summed E-state index contributed by atoms with van der Waals surface area (Å²) in [6, 6.07) is 24.0. The molecule has 1 amide bonds. The molecule has 0 radical (unpaired) electrons. The van der Waals surface area contributed by atoms with Crippen molar-refractivity contribution in [2.75, 3.05) is 13.1 Å². The molecule has 0 spiro atoms. The number of aliphatic hydroxyl groups excluding tert-OH is 1. The van der Waals surface area contributed by atoms with E-state index in [1.54, 1.807) is 0 Å². The van der Waals surface area contributed by atoms with E-state index in [-0.39, 0.29) is 42.7 Å². The first-order chi connectivity index (χ1) is 21.5. The topological polar surface area (TPSA) is 97.3 Å². The van der Waals surface area contributed by atoms with E-state index in [2.05, 4.69) is 41.4 Å². The molecule has 2 fully saturated rings. The zero-order chi connectivity index (χ0) is 32.1. The van der Waals surface area contributed by atoms with Gasteiger partial charge >= 0.3 is 5.97 Å². The molecule has 0 unspecified atom stereocenters. The molecule has 2 aliphatic rings. The van der Waals surface area contributed by atoms with Crippen LogP contribution >= 0.6 is 0 Å². The van der Waals surface area contributed by atoms with Gasteiger partial charge in [-0.15, -0.1) is 0 Å². The molecule has 0 saturated carbocycles. The summed E-state index contributed by atoms with van der Waals surface area (Å²) < 4.78 is 19.1. The lowest BCUT2D eigenvalue weighted by Gasteiger charge is -2.43. The normalized spacial score (nSPS) is 23.9. The number of rotatable bonds is 9. The number of ether oxygens (including phenoxy) is 3. The van der Waals surface area contributed by atoms with E-state index in [1.807, 2.05) is 69.3 Å². The number of nitrogens with one attached hydrogen (secondary N) is 1. The third kappa shape index (κ3) is 8.38. The first kappa shape index (κ1) is 32.8. The molecule has 2 aliphatic heterocycles. The largest absolute Gasteiger partial charge is 0.459 e. The summed E-state index contributed by atoms with van der Waals surface area (Å²) in [7, 11) is 0.